The number of aromatic nitrogens is 2. The van der Waals surface area contributed by atoms with Gasteiger partial charge in [0.05, 0.1) is 5.69 Å². The van der Waals surface area contributed by atoms with Crippen LogP contribution in [-0.4, -0.2) is 16.7 Å². The van der Waals surface area contributed by atoms with Gasteiger partial charge in [0.25, 0.3) is 0 Å². The highest BCUT2D eigenvalue weighted by Crippen LogP contribution is 2.15. The number of hydrogen-bond donors (Lipinski definition) is 1. The summed E-state index contributed by atoms with van der Waals surface area (Å²) in [5, 5.41) is 0. The van der Waals surface area contributed by atoms with Crippen LogP contribution in [0.3, 0.4) is 0 Å². The molecule has 0 bridgehead atoms. The average Bonchev–Trinajstić information content (AvgIpc) is 2.49. The van der Waals surface area contributed by atoms with Crippen LogP contribution < -0.4 is 0 Å². The first-order chi connectivity index (χ1) is 5.77. The molecule has 0 aliphatic rings. The maximum absolute atomic E-state index is 4.04. The Morgan fingerprint density at radius 3 is 2.42 bits per heavy atom. The van der Waals surface area contributed by atoms with Gasteiger partial charge in [-0.2, -0.15) is 0 Å². The van der Waals surface area contributed by atoms with Crippen molar-refractivity contribution >= 4 is 18.6 Å². The van der Waals surface area contributed by atoms with Gasteiger partial charge in [0.1, 0.15) is 5.82 Å². The van der Waals surface area contributed by atoms with Crippen LogP contribution in [-0.2, 0) is 0 Å². The molecule has 0 saturated carbocycles. The van der Waals surface area contributed by atoms with Gasteiger partial charge in [-0.15, -0.1) is 0 Å². The Balaban J connectivity index is 0.000000561. The number of hydrogen-bond acceptors (Lipinski definition) is 2. The Bertz CT molecular complexity index is 235. The molecule has 1 heterocycles. The first kappa shape index (κ1) is 10.6. The first-order valence-corrected chi connectivity index (χ1v) is 3.93. The molecule has 1 rings (SSSR count). The molecule has 0 aromatic carbocycles. The quantitative estimate of drug-likeness (QED) is 0.672. The third-order valence-corrected chi connectivity index (χ3v) is 1.18. The normalized spacial score (nSPS) is 8.25. The second-order valence-electron chi connectivity index (χ2n) is 1.92. The number of aliphatic imine (C=N–C) groups is 1. The molecular formula is C9H15N3. The molecule has 1 aromatic heterocycles. The zero-order valence-corrected chi connectivity index (χ0v) is 7.89. The molecule has 66 valence electrons. The molecule has 0 saturated heterocycles. The molecule has 0 fully saturated rings. The largest absolute Gasteiger partial charge is 0.341 e. The summed E-state index contributed by atoms with van der Waals surface area (Å²) in [6.45, 7) is 12.8. The van der Waals surface area contributed by atoms with Crippen molar-refractivity contribution in [1.29, 1.82) is 0 Å². The minimum Gasteiger partial charge on any atom is -0.341 e. The van der Waals surface area contributed by atoms with Crippen LogP contribution in [0.4, 0.5) is 5.82 Å². The highest BCUT2D eigenvalue weighted by molar-refractivity contribution is 5.58. The second kappa shape index (κ2) is 5.29. The van der Waals surface area contributed by atoms with Gasteiger partial charge < -0.3 is 4.98 Å². The fourth-order valence-corrected chi connectivity index (χ4v) is 0.761. The minimum absolute atomic E-state index is 0.618. The van der Waals surface area contributed by atoms with E-state index < -0.39 is 0 Å². The predicted molar refractivity (Wildman–Crippen MR) is 54.0 cm³/mol. The fourth-order valence-electron chi connectivity index (χ4n) is 0.761. The summed E-state index contributed by atoms with van der Waals surface area (Å²) in [6.07, 6.45) is 1.67. The molecule has 0 radical (unpaired) electrons. The van der Waals surface area contributed by atoms with E-state index in [2.05, 4.69) is 28.3 Å². The van der Waals surface area contributed by atoms with Gasteiger partial charge >= 0.3 is 0 Å². The molecule has 0 amide bonds. The van der Waals surface area contributed by atoms with Crippen molar-refractivity contribution in [2.24, 2.45) is 4.99 Å². The lowest BCUT2D eigenvalue weighted by Gasteiger charge is -1.83. The zero-order chi connectivity index (χ0) is 9.56. The van der Waals surface area contributed by atoms with Gasteiger partial charge in [-0.3, -0.25) is 0 Å². The maximum Gasteiger partial charge on any atom is 0.177 e. The number of imidazole rings is 1. The van der Waals surface area contributed by atoms with Crippen molar-refractivity contribution < 1.29 is 0 Å². The molecule has 0 unspecified atom stereocenters. The van der Waals surface area contributed by atoms with Gasteiger partial charge in [0.15, 0.2) is 5.82 Å². The van der Waals surface area contributed by atoms with E-state index in [1.54, 1.807) is 6.08 Å². The summed E-state index contributed by atoms with van der Waals surface area (Å²) in [4.78, 5) is 10.7. The van der Waals surface area contributed by atoms with E-state index in [-0.39, 0.29) is 0 Å². The number of aromatic amines is 1. The molecule has 0 spiro atoms. The molecule has 1 aromatic rings. The number of aryl methyl sites for hydroxylation is 1. The Morgan fingerprint density at radius 2 is 2.08 bits per heavy atom. The minimum atomic E-state index is 0.618. The average molecular weight is 165 g/mol. The molecule has 0 aliphatic carbocycles. The van der Waals surface area contributed by atoms with Crippen LogP contribution in [0.5, 0.6) is 0 Å². The van der Waals surface area contributed by atoms with Crippen molar-refractivity contribution in [2.45, 2.75) is 20.8 Å². The first-order valence-electron chi connectivity index (χ1n) is 3.93. The fraction of sp³-hybridized carbons (Fsp3) is 0.333. The second-order valence-corrected chi connectivity index (χ2v) is 1.92. The van der Waals surface area contributed by atoms with Gasteiger partial charge in [0, 0.05) is 0 Å². The smallest absolute Gasteiger partial charge is 0.177 e. The number of nitrogens with zero attached hydrogens (tertiary/aromatic N) is 2. The Kier molecular flexibility index (Phi) is 4.69. The lowest BCUT2D eigenvalue weighted by atomic mass is 10.4. The van der Waals surface area contributed by atoms with Crippen LogP contribution in [0.15, 0.2) is 11.6 Å². The highest BCUT2D eigenvalue weighted by atomic mass is 15.0. The Morgan fingerprint density at radius 1 is 1.50 bits per heavy atom. The van der Waals surface area contributed by atoms with Crippen molar-refractivity contribution in [3.63, 3.8) is 0 Å². The topological polar surface area (TPSA) is 41.0 Å². The van der Waals surface area contributed by atoms with Crippen LogP contribution in [0.1, 0.15) is 25.4 Å². The lowest BCUT2D eigenvalue weighted by molar-refractivity contribution is 1.14. The van der Waals surface area contributed by atoms with Crippen LogP contribution >= 0.6 is 0 Å². The van der Waals surface area contributed by atoms with E-state index in [1.165, 1.54) is 0 Å². The third-order valence-electron chi connectivity index (χ3n) is 1.18. The van der Waals surface area contributed by atoms with E-state index >= 15 is 0 Å². The van der Waals surface area contributed by atoms with Crippen molar-refractivity contribution in [1.82, 2.24) is 9.97 Å². The summed E-state index contributed by atoms with van der Waals surface area (Å²) < 4.78 is 0. The monoisotopic (exact) mass is 165 g/mol. The van der Waals surface area contributed by atoms with E-state index in [4.69, 9.17) is 0 Å². The molecule has 0 atom stereocenters. The van der Waals surface area contributed by atoms with Crippen molar-refractivity contribution in [2.75, 3.05) is 0 Å². The van der Waals surface area contributed by atoms with Crippen molar-refractivity contribution in [3.8, 4) is 0 Å². The highest BCUT2D eigenvalue weighted by Gasteiger charge is 2.00. The number of nitrogens with one attached hydrogen (secondary N) is 1. The van der Waals surface area contributed by atoms with Gasteiger partial charge in [0.2, 0.25) is 0 Å². The molecule has 3 nitrogen and oxygen atoms in total. The lowest BCUT2D eigenvalue weighted by Crippen LogP contribution is -1.70. The van der Waals surface area contributed by atoms with Crippen molar-refractivity contribution in [3.05, 3.63) is 18.1 Å². The van der Waals surface area contributed by atoms with Gasteiger partial charge in [-0.25, -0.2) is 9.98 Å². The molecule has 3 heteroatoms. The van der Waals surface area contributed by atoms with Gasteiger partial charge in [-0.1, -0.05) is 20.4 Å². The zero-order valence-electron chi connectivity index (χ0n) is 7.89. The molecule has 12 heavy (non-hydrogen) atoms. The van der Waals surface area contributed by atoms with Crippen LogP contribution in [0.25, 0.3) is 6.08 Å². The van der Waals surface area contributed by atoms with Crippen LogP contribution in [0.2, 0.25) is 0 Å². The summed E-state index contributed by atoms with van der Waals surface area (Å²) >= 11 is 0. The Labute approximate surface area is 73.3 Å². The number of H-pyrrole nitrogens is 1. The molecule has 1 N–H and O–H groups in total. The van der Waals surface area contributed by atoms with Crippen LogP contribution in [0, 0.1) is 6.92 Å². The summed E-state index contributed by atoms with van der Waals surface area (Å²) in [7, 11) is 0. The summed E-state index contributed by atoms with van der Waals surface area (Å²) in [6, 6.07) is 0. The predicted octanol–water partition coefficient (Wildman–Crippen LogP) is 2.72. The Hall–Kier alpha value is -1.38. The van der Waals surface area contributed by atoms with E-state index in [9.17, 15) is 0 Å². The molecular weight excluding hydrogens is 150 g/mol. The number of rotatable bonds is 2. The summed E-state index contributed by atoms with van der Waals surface area (Å²) in [5.41, 5.74) is 0.826. The SMILES string of the molecule is C=Cc1[nH]c(C)nc1N=C.CC. The van der Waals surface area contributed by atoms with E-state index in [1.807, 2.05) is 20.8 Å². The molecule has 0 aliphatic heterocycles. The van der Waals surface area contributed by atoms with E-state index in [0.29, 0.717) is 5.82 Å². The standard InChI is InChI=1S/C7H9N3.C2H6/c1-4-6-7(8-3)10-5(2)9-6;1-2/h4H,1,3H2,2H3,(H,9,10);1-2H3. The third kappa shape index (κ3) is 2.34. The summed E-state index contributed by atoms with van der Waals surface area (Å²) in [5.74, 6) is 1.45. The van der Waals surface area contributed by atoms with E-state index in [0.717, 1.165) is 11.5 Å². The maximum atomic E-state index is 4.04. The van der Waals surface area contributed by atoms with Gasteiger partial charge in [-0.05, 0) is 19.7 Å².